The number of nitrogens with two attached hydrogens (primary N) is 1. The summed E-state index contributed by atoms with van der Waals surface area (Å²) in [5.41, 5.74) is 7.50. The van der Waals surface area contributed by atoms with Crippen LogP contribution < -0.4 is 10.5 Å². The summed E-state index contributed by atoms with van der Waals surface area (Å²) in [5, 5.41) is 4.10. The van der Waals surface area contributed by atoms with E-state index in [0.717, 1.165) is 5.56 Å². The highest BCUT2D eigenvalue weighted by molar-refractivity contribution is 7.85. The Labute approximate surface area is 121 Å². The molecule has 2 rings (SSSR count). The van der Waals surface area contributed by atoms with Gasteiger partial charge in [-0.25, -0.2) is 0 Å². The fourth-order valence-corrected chi connectivity index (χ4v) is 3.11. The molecule has 1 atom stereocenters. The summed E-state index contributed by atoms with van der Waals surface area (Å²) in [6.45, 7) is 2.49. The fourth-order valence-electron chi connectivity index (χ4n) is 1.89. The highest BCUT2D eigenvalue weighted by atomic mass is 32.2. The lowest BCUT2D eigenvalue weighted by Gasteiger charge is -2.09. The number of benzene rings is 1. The third-order valence-electron chi connectivity index (χ3n) is 2.88. The van der Waals surface area contributed by atoms with Crippen molar-refractivity contribution in [3.63, 3.8) is 0 Å². The van der Waals surface area contributed by atoms with E-state index in [4.69, 9.17) is 10.5 Å². The zero-order valence-corrected chi connectivity index (χ0v) is 12.5. The lowest BCUT2D eigenvalue weighted by atomic mass is 10.3. The van der Waals surface area contributed by atoms with E-state index < -0.39 is 10.8 Å². The van der Waals surface area contributed by atoms with Gasteiger partial charge in [0.1, 0.15) is 5.75 Å². The van der Waals surface area contributed by atoms with Crippen molar-refractivity contribution in [2.45, 2.75) is 18.2 Å². The highest BCUT2D eigenvalue weighted by Crippen LogP contribution is 2.23. The van der Waals surface area contributed by atoms with Crippen LogP contribution in [-0.2, 0) is 24.3 Å². The molecule has 1 heterocycles. The molecular weight excluding hydrogens is 274 g/mol. The molecule has 0 aliphatic carbocycles. The Hall–Kier alpha value is -1.82. The molecule has 0 fully saturated rings. The van der Waals surface area contributed by atoms with Gasteiger partial charge in [-0.15, -0.1) is 0 Å². The van der Waals surface area contributed by atoms with Crippen LogP contribution in [0.1, 0.15) is 12.5 Å². The van der Waals surface area contributed by atoms with E-state index in [1.807, 2.05) is 20.2 Å². The third kappa shape index (κ3) is 3.60. The van der Waals surface area contributed by atoms with Gasteiger partial charge in [0.25, 0.3) is 0 Å². The monoisotopic (exact) mass is 293 g/mol. The van der Waals surface area contributed by atoms with Gasteiger partial charge in [0.05, 0.1) is 28.5 Å². The normalized spacial score (nSPS) is 12.3. The van der Waals surface area contributed by atoms with E-state index >= 15 is 0 Å². The van der Waals surface area contributed by atoms with E-state index in [2.05, 4.69) is 5.10 Å². The van der Waals surface area contributed by atoms with E-state index in [-0.39, 0.29) is 0 Å². The molecule has 0 spiro atoms. The molecule has 0 aliphatic heterocycles. The number of hydrogen-bond acceptors (Lipinski definition) is 4. The van der Waals surface area contributed by atoms with Crippen molar-refractivity contribution in [2.75, 3.05) is 18.1 Å². The first-order valence-corrected chi connectivity index (χ1v) is 7.80. The Kier molecular flexibility index (Phi) is 4.79. The van der Waals surface area contributed by atoms with Gasteiger partial charge in [0.2, 0.25) is 0 Å². The SMILES string of the molecule is CCOc1ccc(N)c(S(=O)CCc2cnn(C)c2)c1. The Balaban J connectivity index is 2.06. The van der Waals surface area contributed by atoms with Gasteiger partial charge in [0, 0.05) is 24.7 Å². The smallest absolute Gasteiger partial charge is 0.120 e. The summed E-state index contributed by atoms with van der Waals surface area (Å²) in [7, 11) is 0.723. The minimum atomic E-state index is -1.14. The molecule has 108 valence electrons. The molecule has 6 heteroatoms. The standard InChI is InChI=1S/C14H19N3O2S/c1-3-19-12-4-5-13(15)14(8-12)20(18)7-6-11-9-16-17(2)10-11/h4-5,8-10H,3,6-7,15H2,1-2H3. The Morgan fingerprint density at radius 1 is 1.45 bits per heavy atom. The van der Waals surface area contributed by atoms with Crippen LogP contribution in [0.25, 0.3) is 0 Å². The number of anilines is 1. The third-order valence-corrected chi connectivity index (χ3v) is 4.29. The van der Waals surface area contributed by atoms with Gasteiger partial charge in [-0.3, -0.25) is 8.89 Å². The molecule has 1 unspecified atom stereocenters. The average Bonchev–Trinajstić information content (AvgIpc) is 2.84. The van der Waals surface area contributed by atoms with E-state index in [0.29, 0.717) is 35.1 Å². The molecule has 1 aromatic carbocycles. The second-order valence-corrected chi connectivity index (χ2v) is 5.99. The van der Waals surface area contributed by atoms with Crippen LogP contribution >= 0.6 is 0 Å². The molecular formula is C14H19N3O2S. The molecule has 0 radical (unpaired) electrons. The van der Waals surface area contributed by atoms with E-state index in [1.54, 1.807) is 29.1 Å². The number of hydrogen-bond donors (Lipinski definition) is 1. The van der Waals surface area contributed by atoms with Gasteiger partial charge in [-0.05, 0) is 37.1 Å². The summed E-state index contributed by atoms with van der Waals surface area (Å²) in [5.74, 6) is 1.22. The predicted molar refractivity (Wildman–Crippen MR) is 80.2 cm³/mol. The van der Waals surface area contributed by atoms with E-state index in [1.165, 1.54) is 0 Å². The summed E-state index contributed by atoms with van der Waals surface area (Å²) < 4.78 is 19.5. The number of nitrogen functional groups attached to an aromatic ring is 1. The average molecular weight is 293 g/mol. The summed E-state index contributed by atoms with van der Waals surface area (Å²) in [6.07, 6.45) is 4.42. The van der Waals surface area contributed by atoms with Crippen LogP contribution in [0, 0.1) is 0 Å². The molecule has 0 bridgehead atoms. The van der Waals surface area contributed by atoms with Crippen LogP contribution in [0.15, 0.2) is 35.5 Å². The molecule has 0 aliphatic rings. The number of aromatic nitrogens is 2. The van der Waals surface area contributed by atoms with E-state index in [9.17, 15) is 4.21 Å². The Morgan fingerprint density at radius 3 is 2.90 bits per heavy atom. The van der Waals surface area contributed by atoms with Crippen LogP contribution in [-0.4, -0.2) is 26.3 Å². The Bertz CT molecular complexity index is 610. The number of rotatable bonds is 6. The van der Waals surface area contributed by atoms with Gasteiger partial charge in [-0.2, -0.15) is 5.10 Å². The molecule has 5 nitrogen and oxygen atoms in total. The van der Waals surface area contributed by atoms with Crippen molar-refractivity contribution in [3.8, 4) is 5.75 Å². The molecule has 0 saturated carbocycles. The highest BCUT2D eigenvalue weighted by Gasteiger charge is 2.10. The van der Waals surface area contributed by atoms with Crippen molar-refractivity contribution in [1.29, 1.82) is 0 Å². The van der Waals surface area contributed by atoms with Crippen molar-refractivity contribution < 1.29 is 8.95 Å². The first-order chi connectivity index (χ1) is 9.60. The van der Waals surface area contributed by atoms with Crippen LogP contribution in [0.3, 0.4) is 0 Å². The Morgan fingerprint density at radius 2 is 2.25 bits per heavy atom. The fraction of sp³-hybridized carbons (Fsp3) is 0.357. The summed E-state index contributed by atoms with van der Waals surface area (Å²) in [4.78, 5) is 0.639. The largest absolute Gasteiger partial charge is 0.494 e. The predicted octanol–water partition coefficient (Wildman–Crippen LogP) is 1.75. The second kappa shape index (κ2) is 6.56. The molecule has 1 aromatic heterocycles. The quantitative estimate of drug-likeness (QED) is 0.824. The van der Waals surface area contributed by atoms with Crippen molar-refractivity contribution >= 4 is 16.5 Å². The van der Waals surface area contributed by atoms with Crippen LogP contribution in [0.2, 0.25) is 0 Å². The lowest BCUT2D eigenvalue weighted by Crippen LogP contribution is -2.05. The number of aryl methyl sites for hydroxylation is 2. The van der Waals surface area contributed by atoms with Crippen molar-refractivity contribution in [3.05, 3.63) is 36.2 Å². The molecule has 0 amide bonds. The first kappa shape index (κ1) is 14.6. The van der Waals surface area contributed by atoms with Crippen molar-refractivity contribution in [1.82, 2.24) is 9.78 Å². The maximum Gasteiger partial charge on any atom is 0.120 e. The first-order valence-electron chi connectivity index (χ1n) is 6.48. The van der Waals surface area contributed by atoms with Gasteiger partial charge >= 0.3 is 0 Å². The second-order valence-electron chi connectivity index (χ2n) is 4.45. The topological polar surface area (TPSA) is 70.1 Å². The lowest BCUT2D eigenvalue weighted by molar-refractivity contribution is 0.339. The molecule has 2 N–H and O–H groups in total. The van der Waals surface area contributed by atoms with Crippen molar-refractivity contribution in [2.24, 2.45) is 7.05 Å². The zero-order chi connectivity index (χ0) is 14.5. The minimum absolute atomic E-state index is 0.519. The summed E-state index contributed by atoms with van der Waals surface area (Å²) >= 11 is 0. The summed E-state index contributed by atoms with van der Waals surface area (Å²) in [6, 6.07) is 5.29. The van der Waals surface area contributed by atoms with Gasteiger partial charge in [0.15, 0.2) is 0 Å². The number of nitrogens with zero attached hydrogens (tertiary/aromatic N) is 2. The van der Waals surface area contributed by atoms with Gasteiger partial charge < -0.3 is 10.5 Å². The van der Waals surface area contributed by atoms with Crippen LogP contribution in [0.5, 0.6) is 5.75 Å². The molecule has 2 aromatic rings. The maximum atomic E-state index is 12.4. The molecule has 0 saturated heterocycles. The maximum absolute atomic E-state index is 12.4. The number of ether oxygens (including phenoxy) is 1. The van der Waals surface area contributed by atoms with Gasteiger partial charge in [-0.1, -0.05) is 0 Å². The minimum Gasteiger partial charge on any atom is -0.494 e. The van der Waals surface area contributed by atoms with Crippen LogP contribution in [0.4, 0.5) is 5.69 Å². The molecule has 20 heavy (non-hydrogen) atoms. The zero-order valence-electron chi connectivity index (χ0n) is 11.7.